The maximum atomic E-state index is 12.1. The number of hydrogen-bond donors (Lipinski definition) is 1. The summed E-state index contributed by atoms with van der Waals surface area (Å²) in [6, 6.07) is 14.7. The molecule has 1 amide bonds. The van der Waals surface area contributed by atoms with Crippen LogP contribution >= 0.6 is 0 Å². The van der Waals surface area contributed by atoms with E-state index in [1.807, 2.05) is 41.1 Å². The lowest BCUT2D eigenvalue weighted by Crippen LogP contribution is -2.14. The number of nitro groups is 1. The highest BCUT2D eigenvalue weighted by molar-refractivity contribution is 5.91. The Labute approximate surface area is 138 Å². The Morgan fingerprint density at radius 1 is 1.21 bits per heavy atom. The summed E-state index contributed by atoms with van der Waals surface area (Å²) < 4.78 is 2.02. The van der Waals surface area contributed by atoms with Crippen LogP contribution in [0.25, 0.3) is 10.9 Å². The number of hydrogen-bond acceptors (Lipinski definition) is 3. The summed E-state index contributed by atoms with van der Waals surface area (Å²) >= 11 is 0. The van der Waals surface area contributed by atoms with Crippen molar-refractivity contribution in [1.29, 1.82) is 0 Å². The third-order valence-electron chi connectivity index (χ3n) is 3.95. The maximum Gasteiger partial charge on any atom is 0.274 e. The molecule has 3 aromatic rings. The average Bonchev–Trinajstić information content (AvgIpc) is 2.98. The van der Waals surface area contributed by atoms with Crippen molar-refractivity contribution in [2.45, 2.75) is 19.9 Å². The average molecular weight is 323 g/mol. The molecule has 24 heavy (non-hydrogen) atoms. The molecule has 6 nitrogen and oxygen atoms in total. The first kappa shape index (κ1) is 15.7. The number of aryl methyl sites for hydroxylation is 2. The van der Waals surface area contributed by atoms with Crippen LogP contribution in [0, 0.1) is 17.0 Å². The van der Waals surface area contributed by atoms with Gasteiger partial charge in [0, 0.05) is 42.0 Å². The maximum absolute atomic E-state index is 12.1. The number of aromatic nitrogens is 1. The Kier molecular flexibility index (Phi) is 4.29. The third-order valence-corrected chi connectivity index (χ3v) is 3.95. The Bertz CT molecular complexity index is 915. The van der Waals surface area contributed by atoms with Gasteiger partial charge in [-0.05, 0) is 30.5 Å². The highest BCUT2D eigenvalue weighted by Crippen LogP contribution is 2.22. The summed E-state index contributed by atoms with van der Waals surface area (Å²) in [4.78, 5) is 22.6. The van der Waals surface area contributed by atoms with Gasteiger partial charge in [0.25, 0.3) is 5.69 Å². The van der Waals surface area contributed by atoms with E-state index in [4.69, 9.17) is 0 Å². The fourth-order valence-electron chi connectivity index (χ4n) is 2.66. The number of anilines is 1. The summed E-state index contributed by atoms with van der Waals surface area (Å²) in [7, 11) is 0. The predicted octanol–water partition coefficient (Wildman–Crippen LogP) is 3.89. The number of fused-ring (bicyclic) bond motifs is 1. The van der Waals surface area contributed by atoms with E-state index in [0.29, 0.717) is 24.2 Å². The van der Waals surface area contributed by atoms with Gasteiger partial charge < -0.3 is 9.88 Å². The first-order valence-electron chi connectivity index (χ1n) is 7.63. The number of carbonyl (C=O) groups is 1. The van der Waals surface area contributed by atoms with Crippen LogP contribution in [-0.4, -0.2) is 15.4 Å². The molecule has 0 saturated carbocycles. The van der Waals surface area contributed by atoms with E-state index in [-0.39, 0.29) is 11.6 Å². The van der Waals surface area contributed by atoms with Crippen molar-refractivity contribution in [3.05, 3.63) is 70.4 Å². The number of rotatable bonds is 5. The SMILES string of the molecule is Cc1ccc(NC(=O)CCn2ccc3ccccc32)cc1[N+](=O)[O-]. The summed E-state index contributed by atoms with van der Waals surface area (Å²) in [6.45, 7) is 2.22. The fraction of sp³-hybridized carbons (Fsp3) is 0.167. The van der Waals surface area contributed by atoms with Crippen molar-refractivity contribution in [1.82, 2.24) is 4.57 Å². The van der Waals surface area contributed by atoms with Crippen LogP contribution in [-0.2, 0) is 11.3 Å². The summed E-state index contributed by atoms with van der Waals surface area (Å²) in [6.07, 6.45) is 2.25. The second kappa shape index (κ2) is 6.54. The minimum Gasteiger partial charge on any atom is -0.347 e. The molecule has 0 fully saturated rings. The number of nitrogens with one attached hydrogen (secondary N) is 1. The lowest BCUT2D eigenvalue weighted by Gasteiger charge is -2.08. The molecule has 0 spiro atoms. The van der Waals surface area contributed by atoms with Gasteiger partial charge in [-0.1, -0.05) is 24.3 Å². The molecule has 0 bridgehead atoms. The molecule has 0 aliphatic heterocycles. The molecule has 0 saturated heterocycles. The van der Waals surface area contributed by atoms with Gasteiger partial charge >= 0.3 is 0 Å². The molecule has 0 radical (unpaired) electrons. The predicted molar refractivity (Wildman–Crippen MR) is 93.0 cm³/mol. The van der Waals surface area contributed by atoms with E-state index in [1.54, 1.807) is 19.1 Å². The van der Waals surface area contributed by atoms with E-state index in [0.717, 1.165) is 10.9 Å². The summed E-state index contributed by atoms with van der Waals surface area (Å²) in [5.74, 6) is -0.175. The molecule has 0 atom stereocenters. The van der Waals surface area contributed by atoms with Gasteiger partial charge in [0.2, 0.25) is 5.91 Å². The normalized spacial score (nSPS) is 10.7. The monoisotopic (exact) mass is 323 g/mol. The van der Waals surface area contributed by atoms with Crippen LogP contribution in [0.15, 0.2) is 54.7 Å². The molecule has 1 heterocycles. The van der Waals surface area contributed by atoms with Gasteiger partial charge in [-0.2, -0.15) is 0 Å². The van der Waals surface area contributed by atoms with Crippen LogP contribution in [0.4, 0.5) is 11.4 Å². The molecule has 122 valence electrons. The molecule has 0 unspecified atom stereocenters. The van der Waals surface area contributed by atoms with Gasteiger partial charge in [-0.3, -0.25) is 14.9 Å². The molecule has 6 heteroatoms. The molecule has 3 rings (SSSR count). The van der Waals surface area contributed by atoms with E-state index in [1.165, 1.54) is 6.07 Å². The molecule has 2 aromatic carbocycles. The highest BCUT2D eigenvalue weighted by atomic mass is 16.6. The van der Waals surface area contributed by atoms with E-state index >= 15 is 0 Å². The third kappa shape index (κ3) is 3.27. The van der Waals surface area contributed by atoms with E-state index < -0.39 is 4.92 Å². The van der Waals surface area contributed by atoms with Crippen LogP contribution < -0.4 is 5.32 Å². The van der Waals surface area contributed by atoms with E-state index in [2.05, 4.69) is 5.32 Å². The van der Waals surface area contributed by atoms with Crippen molar-refractivity contribution in [3.8, 4) is 0 Å². The minimum absolute atomic E-state index is 0.00389. The van der Waals surface area contributed by atoms with Gasteiger partial charge in [0.1, 0.15) is 0 Å². The largest absolute Gasteiger partial charge is 0.347 e. The molecule has 0 aliphatic rings. The van der Waals surface area contributed by atoms with Crippen LogP contribution in [0.3, 0.4) is 0 Å². The van der Waals surface area contributed by atoms with Crippen molar-refractivity contribution in [2.24, 2.45) is 0 Å². The Morgan fingerprint density at radius 2 is 2.00 bits per heavy atom. The second-order valence-electron chi connectivity index (χ2n) is 5.62. The first-order chi connectivity index (χ1) is 11.5. The standard InChI is InChI=1S/C18H17N3O3/c1-13-6-7-15(12-17(13)21(23)24)19-18(22)9-11-20-10-8-14-4-2-3-5-16(14)20/h2-8,10,12H,9,11H2,1H3,(H,19,22). The molecule has 1 aromatic heterocycles. The van der Waals surface area contributed by atoms with Gasteiger partial charge in [0.15, 0.2) is 0 Å². The quantitative estimate of drug-likeness (QED) is 0.571. The Morgan fingerprint density at radius 3 is 2.79 bits per heavy atom. The molecule has 1 N–H and O–H groups in total. The molecular weight excluding hydrogens is 306 g/mol. The zero-order valence-corrected chi connectivity index (χ0v) is 13.2. The highest BCUT2D eigenvalue weighted by Gasteiger charge is 2.12. The number of nitrogens with zero attached hydrogens (tertiary/aromatic N) is 2. The van der Waals surface area contributed by atoms with Crippen LogP contribution in [0.2, 0.25) is 0 Å². The Balaban J connectivity index is 1.66. The van der Waals surface area contributed by atoms with Gasteiger partial charge in [0.05, 0.1) is 4.92 Å². The lowest BCUT2D eigenvalue weighted by atomic mass is 10.2. The lowest BCUT2D eigenvalue weighted by molar-refractivity contribution is -0.385. The first-order valence-corrected chi connectivity index (χ1v) is 7.63. The van der Waals surface area contributed by atoms with Crippen molar-refractivity contribution in [3.63, 3.8) is 0 Å². The molecule has 0 aliphatic carbocycles. The zero-order chi connectivity index (χ0) is 17.1. The summed E-state index contributed by atoms with van der Waals surface area (Å²) in [5.41, 5.74) is 2.09. The fourth-order valence-corrected chi connectivity index (χ4v) is 2.66. The number of benzene rings is 2. The van der Waals surface area contributed by atoms with Crippen molar-refractivity contribution < 1.29 is 9.72 Å². The zero-order valence-electron chi connectivity index (χ0n) is 13.2. The van der Waals surface area contributed by atoms with Crippen molar-refractivity contribution in [2.75, 3.05) is 5.32 Å². The number of nitro benzene ring substituents is 1. The van der Waals surface area contributed by atoms with E-state index in [9.17, 15) is 14.9 Å². The van der Waals surface area contributed by atoms with Crippen LogP contribution in [0.5, 0.6) is 0 Å². The smallest absolute Gasteiger partial charge is 0.274 e. The number of amides is 1. The molecular formula is C18H17N3O3. The van der Waals surface area contributed by atoms with Crippen molar-refractivity contribution >= 4 is 28.2 Å². The summed E-state index contributed by atoms with van der Waals surface area (Å²) in [5, 5.41) is 14.8. The number of carbonyl (C=O) groups excluding carboxylic acids is 1. The second-order valence-corrected chi connectivity index (χ2v) is 5.62. The number of para-hydroxylation sites is 1. The van der Waals surface area contributed by atoms with Crippen LogP contribution in [0.1, 0.15) is 12.0 Å². The van der Waals surface area contributed by atoms with Gasteiger partial charge in [-0.15, -0.1) is 0 Å². The topological polar surface area (TPSA) is 77.2 Å². The Hall–Kier alpha value is -3.15. The minimum atomic E-state index is -0.447. The van der Waals surface area contributed by atoms with Gasteiger partial charge in [-0.25, -0.2) is 0 Å².